The Morgan fingerprint density at radius 1 is 1.50 bits per heavy atom. The molecule has 0 aromatic carbocycles. The van der Waals surface area contributed by atoms with Crippen molar-refractivity contribution in [3.8, 4) is 0 Å². The second-order valence-corrected chi connectivity index (χ2v) is 3.26. The van der Waals surface area contributed by atoms with E-state index in [4.69, 9.17) is 11.6 Å². The summed E-state index contributed by atoms with van der Waals surface area (Å²) in [6.07, 6.45) is -4.76. The first kappa shape index (κ1) is 12.8. The molecule has 1 rings (SSSR count). The molecular weight excluding hydrogens is 247 g/mol. The summed E-state index contributed by atoms with van der Waals surface area (Å²) in [5.41, 5.74) is -0.896. The number of methoxy groups -OCH3 is 1. The van der Waals surface area contributed by atoms with Crippen LogP contribution in [0.25, 0.3) is 0 Å². The van der Waals surface area contributed by atoms with Crippen molar-refractivity contribution in [3.05, 3.63) is 28.5 Å². The minimum absolute atomic E-state index is 0.196. The number of aromatic nitrogens is 1. The SMILES string of the molecule is COC(=O)Cc1ccc(C(F)(F)F)nc1Cl. The maximum atomic E-state index is 12.2. The van der Waals surface area contributed by atoms with Crippen molar-refractivity contribution in [1.29, 1.82) is 0 Å². The summed E-state index contributed by atoms with van der Waals surface area (Å²) in [5.74, 6) is -0.594. The molecule has 0 saturated heterocycles. The van der Waals surface area contributed by atoms with Crippen molar-refractivity contribution in [1.82, 2.24) is 4.98 Å². The zero-order valence-electron chi connectivity index (χ0n) is 8.14. The monoisotopic (exact) mass is 253 g/mol. The number of carbonyl (C=O) groups is 1. The molecule has 16 heavy (non-hydrogen) atoms. The lowest BCUT2D eigenvalue weighted by atomic mass is 10.2. The maximum Gasteiger partial charge on any atom is 0.433 e. The van der Waals surface area contributed by atoms with Crippen LogP contribution in [0.15, 0.2) is 12.1 Å². The van der Waals surface area contributed by atoms with E-state index in [2.05, 4.69) is 9.72 Å². The molecule has 0 amide bonds. The molecule has 3 nitrogen and oxygen atoms in total. The maximum absolute atomic E-state index is 12.2. The molecule has 7 heteroatoms. The van der Waals surface area contributed by atoms with Crippen molar-refractivity contribution in [3.63, 3.8) is 0 Å². The van der Waals surface area contributed by atoms with Gasteiger partial charge in [0.05, 0.1) is 13.5 Å². The van der Waals surface area contributed by atoms with E-state index in [0.29, 0.717) is 0 Å². The second-order valence-electron chi connectivity index (χ2n) is 2.90. The summed E-state index contributed by atoms with van der Waals surface area (Å²) in [4.78, 5) is 14.0. The van der Waals surface area contributed by atoms with Crippen LogP contribution in [0.3, 0.4) is 0 Å². The topological polar surface area (TPSA) is 39.2 Å². The Morgan fingerprint density at radius 2 is 2.12 bits per heavy atom. The Bertz CT molecular complexity index is 406. The van der Waals surface area contributed by atoms with Crippen LogP contribution >= 0.6 is 11.6 Å². The van der Waals surface area contributed by atoms with Crippen LogP contribution < -0.4 is 0 Å². The third-order valence-electron chi connectivity index (χ3n) is 1.78. The van der Waals surface area contributed by atoms with Gasteiger partial charge in [0, 0.05) is 5.56 Å². The summed E-state index contributed by atoms with van der Waals surface area (Å²) in [6.45, 7) is 0. The third kappa shape index (κ3) is 3.10. The molecule has 1 heterocycles. The lowest BCUT2D eigenvalue weighted by molar-refractivity contribution is -0.141. The van der Waals surface area contributed by atoms with Gasteiger partial charge in [-0.25, -0.2) is 4.98 Å². The molecule has 0 saturated carbocycles. The standard InChI is InChI=1S/C9H7ClF3NO2/c1-16-7(15)4-5-2-3-6(9(11,12)13)14-8(5)10/h2-3H,4H2,1H3. The van der Waals surface area contributed by atoms with Gasteiger partial charge in [-0.15, -0.1) is 0 Å². The fourth-order valence-corrected chi connectivity index (χ4v) is 1.20. The van der Waals surface area contributed by atoms with E-state index in [-0.39, 0.29) is 17.1 Å². The average molecular weight is 254 g/mol. The first-order valence-electron chi connectivity index (χ1n) is 4.14. The summed E-state index contributed by atoms with van der Waals surface area (Å²) in [6, 6.07) is 1.87. The van der Waals surface area contributed by atoms with E-state index in [1.54, 1.807) is 0 Å². The molecule has 0 aliphatic heterocycles. The molecular formula is C9H7ClF3NO2. The highest BCUT2D eigenvalue weighted by atomic mass is 35.5. The number of carbonyl (C=O) groups excluding carboxylic acids is 1. The van der Waals surface area contributed by atoms with E-state index in [1.807, 2.05) is 0 Å². The number of pyridine rings is 1. The number of hydrogen-bond donors (Lipinski definition) is 0. The van der Waals surface area contributed by atoms with Crippen molar-refractivity contribution >= 4 is 17.6 Å². The van der Waals surface area contributed by atoms with E-state index in [9.17, 15) is 18.0 Å². The molecule has 0 bridgehead atoms. The van der Waals surface area contributed by atoms with Crippen LogP contribution in [-0.2, 0) is 22.1 Å². The number of alkyl halides is 3. The van der Waals surface area contributed by atoms with E-state index in [1.165, 1.54) is 7.11 Å². The van der Waals surface area contributed by atoms with E-state index >= 15 is 0 Å². The molecule has 0 unspecified atom stereocenters. The third-order valence-corrected chi connectivity index (χ3v) is 2.11. The summed E-state index contributed by atoms with van der Waals surface area (Å²) in [5, 5.41) is -0.347. The van der Waals surface area contributed by atoms with Gasteiger partial charge in [0.25, 0.3) is 0 Å². The van der Waals surface area contributed by atoms with Gasteiger partial charge in [0.1, 0.15) is 10.8 Å². The molecule has 0 radical (unpaired) electrons. The van der Waals surface area contributed by atoms with Gasteiger partial charge in [0.15, 0.2) is 0 Å². The molecule has 0 atom stereocenters. The molecule has 0 aliphatic rings. The van der Waals surface area contributed by atoms with Gasteiger partial charge < -0.3 is 4.74 Å². The number of esters is 1. The Morgan fingerprint density at radius 3 is 2.56 bits per heavy atom. The van der Waals surface area contributed by atoms with Gasteiger partial charge in [-0.3, -0.25) is 4.79 Å². The predicted octanol–water partition coefficient (Wildman–Crippen LogP) is 2.47. The fourth-order valence-electron chi connectivity index (χ4n) is 0.981. The largest absolute Gasteiger partial charge is 0.469 e. The quantitative estimate of drug-likeness (QED) is 0.600. The van der Waals surface area contributed by atoms with Crippen LogP contribution in [0.4, 0.5) is 13.2 Å². The average Bonchev–Trinajstić information content (AvgIpc) is 2.19. The number of hydrogen-bond acceptors (Lipinski definition) is 3. The van der Waals surface area contributed by atoms with Crippen LogP contribution in [-0.4, -0.2) is 18.1 Å². The number of ether oxygens (including phenoxy) is 1. The molecule has 1 aromatic rings. The van der Waals surface area contributed by atoms with Crippen molar-refractivity contribution in [2.75, 3.05) is 7.11 Å². The Kier molecular flexibility index (Phi) is 3.74. The lowest BCUT2D eigenvalue weighted by Crippen LogP contribution is -2.10. The van der Waals surface area contributed by atoms with Gasteiger partial charge in [0.2, 0.25) is 0 Å². The summed E-state index contributed by atoms with van der Waals surface area (Å²) >= 11 is 5.52. The van der Waals surface area contributed by atoms with E-state index < -0.39 is 17.8 Å². The zero-order valence-corrected chi connectivity index (χ0v) is 8.89. The molecule has 0 fully saturated rings. The van der Waals surface area contributed by atoms with Gasteiger partial charge >= 0.3 is 12.1 Å². The van der Waals surface area contributed by atoms with Crippen LogP contribution in [0.1, 0.15) is 11.3 Å². The second kappa shape index (κ2) is 4.69. The highest BCUT2D eigenvalue weighted by molar-refractivity contribution is 6.30. The lowest BCUT2D eigenvalue weighted by Gasteiger charge is -2.08. The number of rotatable bonds is 2. The number of halogens is 4. The smallest absolute Gasteiger partial charge is 0.433 e. The highest BCUT2D eigenvalue weighted by Crippen LogP contribution is 2.29. The Balaban J connectivity index is 2.96. The van der Waals surface area contributed by atoms with Gasteiger partial charge in [-0.05, 0) is 6.07 Å². The fraction of sp³-hybridized carbons (Fsp3) is 0.333. The first-order valence-corrected chi connectivity index (χ1v) is 4.52. The van der Waals surface area contributed by atoms with Gasteiger partial charge in [-0.2, -0.15) is 13.2 Å². The van der Waals surface area contributed by atoms with Gasteiger partial charge in [-0.1, -0.05) is 17.7 Å². The van der Waals surface area contributed by atoms with Crippen LogP contribution in [0.2, 0.25) is 5.15 Å². The van der Waals surface area contributed by atoms with Crippen LogP contribution in [0, 0.1) is 0 Å². The normalized spacial score (nSPS) is 11.3. The highest BCUT2D eigenvalue weighted by Gasteiger charge is 2.32. The number of nitrogens with zero attached hydrogens (tertiary/aromatic N) is 1. The first-order chi connectivity index (χ1) is 7.34. The van der Waals surface area contributed by atoms with Crippen molar-refractivity contribution in [2.24, 2.45) is 0 Å². The molecule has 0 N–H and O–H groups in total. The Labute approximate surface area is 94.2 Å². The molecule has 88 valence electrons. The minimum atomic E-state index is -4.55. The van der Waals surface area contributed by atoms with Crippen molar-refractivity contribution in [2.45, 2.75) is 12.6 Å². The molecule has 0 spiro atoms. The summed E-state index contributed by atoms with van der Waals surface area (Å²) < 4.78 is 41.0. The molecule has 1 aromatic heterocycles. The van der Waals surface area contributed by atoms with E-state index in [0.717, 1.165) is 12.1 Å². The zero-order chi connectivity index (χ0) is 12.3. The van der Waals surface area contributed by atoms with Crippen LogP contribution in [0.5, 0.6) is 0 Å². The van der Waals surface area contributed by atoms with Crippen molar-refractivity contribution < 1.29 is 22.7 Å². The molecule has 0 aliphatic carbocycles. The Hall–Kier alpha value is -1.30. The predicted molar refractivity (Wildman–Crippen MR) is 50.0 cm³/mol. The minimum Gasteiger partial charge on any atom is -0.469 e. The summed E-state index contributed by atoms with van der Waals surface area (Å²) in [7, 11) is 1.17.